The van der Waals surface area contributed by atoms with Crippen molar-refractivity contribution in [1.29, 1.82) is 0 Å². The normalized spacial score (nSPS) is 12.1. The van der Waals surface area contributed by atoms with Crippen molar-refractivity contribution in [3.63, 3.8) is 0 Å². The number of carbonyl (C=O) groups is 1. The molecule has 0 saturated heterocycles. The number of aryl methyl sites for hydroxylation is 4. The van der Waals surface area contributed by atoms with Crippen molar-refractivity contribution in [2.24, 2.45) is 0 Å². The number of nitrogens with zero attached hydrogens (tertiary/aromatic N) is 1. The van der Waals surface area contributed by atoms with E-state index in [-0.39, 0.29) is 30.3 Å². The molecule has 1 N–H and O–H groups in total. The van der Waals surface area contributed by atoms with E-state index in [4.69, 9.17) is 4.74 Å². The van der Waals surface area contributed by atoms with Gasteiger partial charge in [-0.1, -0.05) is 12.1 Å². The monoisotopic (exact) mass is 518 g/mol. The van der Waals surface area contributed by atoms with Crippen molar-refractivity contribution < 1.29 is 22.7 Å². The van der Waals surface area contributed by atoms with Crippen molar-refractivity contribution in [2.75, 3.05) is 7.11 Å². The summed E-state index contributed by atoms with van der Waals surface area (Å²) in [5.74, 6) is -0.788. The molecule has 5 rings (SSSR count). The highest BCUT2D eigenvalue weighted by Gasteiger charge is 2.23. The van der Waals surface area contributed by atoms with Gasteiger partial charge >= 0.3 is 0 Å². The number of hydrogen-bond donors (Lipinski definition) is 1. The minimum absolute atomic E-state index is 0.0747. The van der Waals surface area contributed by atoms with Crippen molar-refractivity contribution in [1.82, 2.24) is 9.88 Å². The first-order valence-electron chi connectivity index (χ1n) is 12.7. The molecular weight excluding hydrogens is 489 g/mol. The van der Waals surface area contributed by atoms with Crippen LogP contribution in [0.4, 0.5) is 13.2 Å². The molecule has 4 aromatic rings. The van der Waals surface area contributed by atoms with Gasteiger partial charge in [0.25, 0.3) is 0 Å². The predicted molar refractivity (Wildman–Crippen MR) is 140 cm³/mol. The lowest BCUT2D eigenvalue weighted by atomic mass is 9.90. The topological polar surface area (TPSA) is 43.3 Å². The lowest BCUT2D eigenvalue weighted by Gasteiger charge is -2.21. The molecule has 1 aliphatic carbocycles. The van der Waals surface area contributed by atoms with Gasteiger partial charge in [0.2, 0.25) is 5.91 Å². The smallest absolute Gasteiger partial charge is 0.220 e. The fraction of sp³-hybridized carbons (Fsp3) is 0.258. The first-order valence-corrected chi connectivity index (χ1v) is 12.7. The van der Waals surface area contributed by atoms with E-state index in [1.807, 2.05) is 12.1 Å². The van der Waals surface area contributed by atoms with Gasteiger partial charge in [0.1, 0.15) is 23.2 Å². The van der Waals surface area contributed by atoms with Crippen LogP contribution in [0.1, 0.15) is 34.4 Å². The molecule has 7 heteroatoms. The molecule has 1 aromatic heterocycles. The van der Waals surface area contributed by atoms with E-state index in [1.165, 1.54) is 17.2 Å². The summed E-state index contributed by atoms with van der Waals surface area (Å²) in [6.45, 7) is 0.560. The third-order valence-electron chi connectivity index (χ3n) is 7.10. The molecule has 0 unspecified atom stereocenters. The van der Waals surface area contributed by atoms with Crippen LogP contribution in [0.15, 0.2) is 66.7 Å². The maximum Gasteiger partial charge on any atom is 0.220 e. The van der Waals surface area contributed by atoms with Crippen LogP contribution in [0.3, 0.4) is 0 Å². The van der Waals surface area contributed by atoms with Gasteiger partial charge in [0.15, 0.2) is 0 Å². The zero-order valence-electron chi connectivity index (χ0n) is 21.2. The Hall–Kier alpha value is -4.00. The molecule has 196 valence electrons. The summed E-state index contributed by atoms with van der Waals surface area (Å²) in [7, 11) is 1.66. The van der Waals surface area contributed by atoms with Crippen LogP contribution in [-0.2, 0) is 43.6 Å². The van der Waals surface area contributed by atoms with Gasteiger partial charge < -0.3 is 14.6 Å². The number of rotatable bonds is 9. The van der Waals surface area contributed by atoms with E-state index in [0.29, 0.717) is 19.4 Å². The largest absolute Gasteiger partial charge is 0.497 e. The first kappa shape index (κ1) is 25.6. The average Bonchev–Trinajstić information content (AvgIpc) is 3.28. The number of ether oxygens (including phenoxy) is 1. The van der Waals surface area contributed by atoms with Crippen LogP contribution >= 0.6 is 0 Å². The van der Waals surface area contributed by atoms with Crippen LogP contribution in [0, 0.1) is 17.5 Å². The van der Waals surface area contributed by atoms with Crippen molar-refractivity contribution in [3.05, 3.63) is 112 Å². The molecule has 0 atom stereocenters. The molecule has 1 aliphatic rings. The number of hydrogen-bond acceptors (Lipinski definition) is 2. The number of nitrogens with one attached hydrogen (secondary N) is 1. The van der Waals surface area contributed by atoms with E-state index < -0.39 is 11.6 Å². The second kappa shape index (κ2) is 11.2. The van der Waals surface area contributed by atoms with Gasteiger partial charge in [-0.05, 0) is 97.0 Å². The number of fused-ring (bicyclic) bond motifs is 3. The molecule has 3 aromatic carbocycles. The van der Waals surface area contributed by atoms with Crippen LogP contribution < -0.4 is 10.1 Å². The maximum atomic E-state index is 13.9. The number of aromatic nitrogens is 1. The Balaban J connectivity index is 1.37. The Kier molecular flexibility index (Phi) is 7.54. The summed E-state index contributed by atoms with van der Waals surface area (Å²) < 4.78 is 48.8. The fourth-order valence-corrected chi connectivity index (χ4v) is 5.18. The molecule has 0 aliphatic heterocycles. The molecule has 1 amide bonds. The zero-order chi connectivity index (χ0) is 26.6. The van der Waals surface area contributed by atoms with Crippen LogP contribution in [0.2, 0.25) is 0 Å². The summed E-state index contributed by atoms with van der Waals surface area (Å²) in [4.78, 5) is 12.6. The van der Waals surface area contributed by atoms with Crippen molar-refractivity contribution in [2.45, 2.75) is 45.2 Å². The van der Waals surface area contributed by atoms with E-state index in [2.05, 4.69) is 28.1 Å². The number of halogens is 3. The molecule has 4 nitrogen and oxygen atoms in total. The quantitative estimate of drug-likeness (QED) is 0.288. The second-order valence-electron chi connectivity index (χ2n) is 9.58. The van der Waals surface area contributed by atoms with Crippen LogP contribution in [-0.4, -0.2) is 17.6 Å². The average molecular weight is 519 g/mol. The molecule has 1 heterocycles. The standard InChI is InChI=1S/C31H29F3N2O2/c1-38-27-9-10-28-21(18-27)5-6-22-17-26(36(31(22)28)14-13-20-3-2-4-24(32)15-20)8-12-30(37)35-19-23-16-25(33)7-11-29(23)34/h2-4,7,9-11,15-18H,5-6,8,12-14,19H2,1H3,(H,35,37). The molecular formula is C31H29F3N2O2. The minimum Gasteiger partial charge on any atom is -0.497 e. The van der Waals surface area contributed by atoms with E-state index in [1.54, 1.807) is 19.2 Å². The van der Waals surface area contributed by atoms with Gasteiger partial charge in [-0.15, -0.1) is 0 Å². The maximum absolute atomic E-state index is 13.9. The van der Waals surface area contributed by atoms with Gasteiger partial charge in [-0.25, -0.2) is 13.2 Å². The van der Waals surface area contributed by atoms with E-state index in [9.17, 15) is 18.0 Å². The predicted octanol–water partition coefficient (Wildman–Crippen LogP) is 6.17. The highest BCUT2D eigenvalue weighted by Crippen LogP contribution is 2.38. The molecule has 0 fully saturated rings. The molecule has 0 spiro atoms. The van der Waals surface area contributed by atoms with Gasteiger partial charge in [-0.2, -0.15) is 0 Å². The zero-order valence-corrected chi connectivity index (χ0v) is 21.2. The summed E-state index contributed by atoms with van der Waals surface area (Å²) in [5.41, 5.74) is 6.73. The summed E-state index contributed by atoms with van der Waals surface area (Å²) in [5, 5.41) is 2.70. The molecule has 38 heavy (non-hydrogen) atoms. The van der Waals surface area contributed by atoms with Gasteiger partial charge in [0.05, 0.1) is 12.8 Å². The number of carbonyl (C=O) groups excluding carboxylic acids is 1. The number of amides is 1. The molecule has 0 bridgehead atoms. The summed E-state index contributed by atoms with van der Waals surface area (Å²) >= 11 is 0. The van der Waals surface area contributed by atoms with Gasteiger partial charge in [0, 0.05) is 36.3 Å². The third-order valence-corrected chi connectivity index (χ3v) is 7.10. The fourth-order valence-electron chi connectivity index (χ4n) is 5.18. The molecule has 0 saturated carbocycles. The van der Waals surface area contributed by atoms with Crippen molar-refractivity contribution >= 4 is 5.91 Å². The van der Waals surface area contributed by atoms with E-state index >= 15 is 0 Å². The minimum atomic E-state index is -0.555. The highest BCUT2D eigenvalue weighted by molar-refractivity contribution is 5.76. The second-order valence-corrected chi connectivity index (χ2v) is 9.58. The lowest BCUT2D eigenvalue weighted by Crippen LogP contribution is -2.24. The number of benzene rings is 3. The lowest BCUT2D eigenvalue weighted by molar-refractivity contribution is -0.121. The SMILES string of the molecule is COc1ccc2c(c1)CCc1cc(CCC(=O)NCc3cc(F)ccc3F)n(CCc3cccc(F)c3)c1-2. The Morgan fingerprint density at radius 3 is 2.55 bits per heavy atom. The third kappa shape index (κ3) is 5.62. The van der Waals surface area contributed by atoms with Crippen LogP contribution in [0.5, 0.6) is 5.75 Å². The molecule has 0 radical (unpaired) electrons. The Morgan fingerprint density at radius 2 is 1.74 bits per heavy atom. The van der Waals surface area contributed by atoms with Crippen LogP contribution in [0.25, 0.3) is 11.3 Å². The Labute approximate surface area is 220 Å². The first-order chi connectivity index (χ1) is 18.4. The Bertz CT molecular complexity index is 1480. The Morgan fingerprint density at radius 1 is 0.921 bits per heavy atom. The highest BCUT2D eigenvalue weighted by atomic mass is 19.1. The number of methoxy groups -OCH3 is 1. The summed E-state index contributed by atoms with van der Waals surface area (Å²) in [6.07, 6.45) is 3.10. The van der Waals surface area contributed by atoms with Crippen molar-refractivity contribution in [3.8, 4) is 17.0 Å². The van der Waals surface area contributed by atoms with E-state index in [0.717, 1.165) is 59.3 Å². The summed E-state index contributed by atoms with van der Waals surface area (Å²) in [6, 6.07) is 18.1. The van der Waals surface area contributed by atoms with Gasteiger partial charge in [-0.3, -0.25) is 4.79 Å².